The molecule has 1 N–H and O–H groups in total. The van der Waals surface area contributed by atoms with Crippen molar-refractivity contribution < 1.29 is 0 Å². The lowest BCUT2D eigenvalue weighted by Crippen LogP contribution is -2.40. The fourth-order valence-corrected chi connectivity index (χ4v) is 4.90. The van der Waals surface area contributed by atoms with E-state index in [4.69, 9.17) is 4.99 Å². The Balaban J connectivity index is 1.55. The number of piperidine rings is 1. The third kappa shape index (κ3) is 6.30. The van der Waals surface area contributed by atoms with Crippen molar-refractivity contribution in [2.75, 3.05) is 33.2 Å². The maximum Gasteiger partial charge on any atom is 0.194 e. The summed E-state index contributed by atoms with van der Waals surface area (Å²) in [6.45, 7) is 10.2. The van der Waals surface area contributed by atoms with Gasteiger partial charge in [-0.15, -0.1) is 22.7 Å². The molecule has 0 aromatic carbocycles. The summed E-state index contributed by atoms with van der Waals surface area (Å²) in [6, 6.07) is 4.39. The van der Waals surface area contributed by atoms with Gasteiger partial charge in [-0.1, -0.05) is 6.07 Å². The quantitative estimate of drug-likeness (QED) is 0.562. The molecule has 1 aliphatic rings. The Bertz CT molecular complexity index is 710. The zero-order valence-electron chi connectivity index (χ0n) is 16.6. The van der Waals surface area contributed by atoms with Crippen LogP contribution in [-0.4, -0.2) is 54.0 Å². The number of rotatable bonds is 7. The van der Waals surface area contributed by atoms with Crippen molar-refractivity contribution in [3.63, 3.8) is 0 Å². The highest BCUT2D eigenvalue weighted by Crippen LogP contribution is 2.20. The lowest BCUT2D eigenvalue weighted by Gasteiger charge is -2.32. The van der Waals surface area contributed by atoms with Crippen LogP contribution in [0.1, 0.15) is 35.3 Å². The zero-order valence-corrected chi connectivity index (χ0v) is 18.3. The van der Waals surface area contributed by atoms with Crippen molar-refractivity contribution in [3.05, 3.63) is 38.5 Å². The first-order valence-electron chi connectivity index (χ1n) is 9.79. The molecule has 148 valence electrons. The summed E-state index contributed by atoms with van der Waals surface area (Å²) in [5.41, 5.74) is 1.12. The van der Waals surface area contributed by atoms with Crippen LogP contribution in [0.2, 0.25) is 0 Å². The molecule has 3 rings (SSSR count). The van der Waals surface area contributed by atoms with Gasteiger partial charge in [0.15, 0.2) is 5.96 Å². The van der Waals surface area contributed by atoms with Crippen LogP contribution in [0.15, 0.2) is 27.9 Å². The smallest absolute Gasteiger partial charge is 0.194 e. The number of nitrogens with zero attached hydrogens (tertiary/aromatic N) is 4. The Hall–Kier alpha value is -1.44. The number of aliphatic imine (C=N–C) groups is 1. The van der Waals surface area contributed by atoms with Crippen LogP contribution in [0.25, 0.3) is 0 Å². The van der Waals surface area contributed by atoms with Crippen LogP contribution in [0, 0.1) is 12.8 Å². The summed E-state index contributed by atoms with van der Waals surface area (Å²) in [7, 11) is 2.10. The highest BCUT2D eigenvalue weighted by molar-refractivity contribution is 7.10. The van der Waals surface area contributed by atoms with Gasteiger partial charge in [-0.3, -0.25) is 9.89 Å². The number of likely N-dealkylation sites (tertiary alicyclic amines) is 1. The van der Waals surface area contributed by atoms with Crippen LogP contribution >= 0.6 is 22.7 Å². The largest absolute Gasteiger partial charge is 0.357 e. The van der Waals surface area contributed by atoms with Crippen molar-refractivity contribution in [1.29, 1.82) is 0 Å². The van der Waals surface area contributed by atoms with Crippen molar-refractivity contribution in [3.8, 4) is 0 Å². The van der Waals surface area contributed by atoms with Crippen LogP contribution < -0.4 is 5.32 Å². The van der Waals surface area contributed by atoms with E-state index >= 15 is 0 Å². The van der Waals surface area contributed by atoms with E-state index in [9.17, 15) is 0 Å². The molecule has 7 heteroatoms. The van der Waals surface area contributed by atoms with E-state index in [2.05, 4.69) is 63.9 Å². The Morgan fingerprint density at radius 3 is 3.04 bits per heavy atom. The van der Waals surface area contributed by atoms with Gasteiger partial charge < -0.3 is 10.2 Å². The number of thiophene rings is 1. The Morgan fingerprint density at radius 1 is 1.44 bits per heavy atom. The summed E-state index contributed by atoms with van der Waals surface area (Å²) in [4.78, 5) is 15.8. The Labute approximate surface area is 171 Å². The molecule has 1 unspecified atom stereocenters. The SMILES string of the molecule is CCNC(=NCC1CCCN(Cc2cccs2)C1)N(C)Cc1csc(C)n1. The van der Waals surface area contributed by atoms with E-state index in [0.717, 1.165) is 49.4 Å². The molecule has 0 amide bonds. The number of guanidine groups is 1. The average molecular weight is 406 g/mol. The van der Waals surface area contributed by atoms with Gasteiger partial charge in [-0.2, -0.15) is 0 Å². The van der Waals surface area contributed by atoms with Gasteiger partial charge in [0.1, 0.15) is 0 Å². The van der Waals surface area contributed by atoms with Gasteiger partial charge in [0.2, 0.25) is 0 Å². The van der Waals surface area contributed by atoms with E-state index in [1.54, 1.807) is 11.3 Å². The molecule has 0 saturated carbocycles. The van der Waals surface area contributed by atoms with Gasteiger partial charge >= 0.3 is 0 Å². The summed E-state index contributed by atoms with van der Waals surface area (Å²) in [5, 5.41) is 8.86. The van der Waals surface area contributed by atoms with E-state index in [0.29, 0.717) is 5.92 Å². The molecule has 3 heterocycles. The first-order valence-corrected chi connectivity index (χ1v) is 11.5. The first kappa shape index (κ1) is 20.3. The minimum atomic E-state index is 0.641. The number of hydrogen-bond donors (Lipinski definition) is 1. The molecule has 0 bridgehead atoms. The number of thiazole rings is 1. The van der Waals surface area contributed by atoms with Gasteiger partial charge in [-0.25, -0.2) is 4.98 Å². The predicted octanol–water partition coefficient (Wildman–Crippen LogP) is 3.82. The topological polar surface area (TPSA) is 43.8 Å². The fourth-order valence-electron chi connectivity index (χ4n) is 3.55. The molecule has 0 radical (unpaired) electrons. The zero-order chi connectivity index (χ0) is 19.1. The first-order chi connectivity index (χ1) is 13.1. The van der Waals surface area contributed by atoms with Crippen molar-refractivity contribution in [2.24, 2.45) is 10.9 Å². The van der Waals surface area contributed by atoms with Crippen molar-refractivity contribution in [2.45, 2.75) is 39.8 Å². The van der Waals surface area contributed by atoms with Crippen LogP contribution in [0.3, 0.4) is 0 Å². The molecular weight excluding hydrogens is 374 g/mol. The average Bonchev–Trinajstić information content (AvgIpc) is 3.30. The summed E-state index contributed by atoms with van der Waals surface area (Å²) < 4.78 is 0. The predicted molar refractivity (Wildman–Crippen MR) is 117 cm³/mol. The minimum Gasteiger partial charge on any atom is -0.357 e. The van der Waals surface area contributed by atoms with Crippen LogP contribution in [0.4, 0.5) is 0 Å². The second kappa shape index (κ2) is 10.2. The highest BCUT2D eigenvalue weighted by Gasteiger charge is 2.20. The van der Waals surface area contributed by atoms with Crippen molar-refractivity contribution >= 4 is 28.6 Å². The van der Waals surface area contributed by atoms with Gasteiger partial charge in [0, 0.05) is 43.5 Å². The van der Waals surface area contributed by atoms with E-state index in [-0.39, 0.29) is 0 Å². The second-order valence-electron chi connectivity index (χ2n) is 7.23. The van der Waals surface area contributed by atoms with Crippen molar-refractivity contribution in [1.82, 2.24) is 20.1 Å². The maximum atomic E-state index is 4.95. The number of aryl methyl sites for hydroxylation is 1. The monoisotopic (exact) mass is 405 g/mol. The normalized spacial score (nSPS) is 18.6. The van der Waals surface area contributed by atoms with Gasteiger partial charge in [0.05, 0.1) is 17.2 Å². The fraction of sp³-hybridized carbons (Fsp3) is 0.600. The Kier molecular flexibility index (Phi) is 7.67. The third-order valence-electron chi connectivity index (χ3n) is 4.82. The van der Waals surface area contributed by atoms with Gasteiger partial charge in [0.25, 0.3) is 0 Å². The molecule has 2 aromatic heterocycles. The minimum absolute atomic E-state index is 0.641. The highest BCUT2D eigenvalue weighted by atomic mass is 32.1. The molecule has 1 aliphatic heterocycles. The molecule has 1 atom stereocenters. The maximum absolute atomic E-state index is 4.95. The molecule has 0 spiro atoms. The molecule has 27 heavy (non-hydrogen) atoms. The molecule has 1 fully saturated rings. The summed E-state index contributed by atoms with van der Waals surface area (Å²) in [6.07, 6.45) is 2.55. The molecular formula is C20H31N5S2. The number of hydrogen-bond acceptors (Lipinski definition) is 5. The van der Waals surface area contributed by atoms with E-state index in [1.165, 1.54) is 24.3 Å². The van der Waals surface area contributed by atoms with E-state index < -0.39 is 0 Å². The lowest BCUT2D eigenvalue weighted by molar-refractivity contribution is 0.172. The lowest BCUT2D eigenvalue weighted by atomic mass is 9.98. The molecule has 2 aromatic rings. The van der Waals surface area contributed by atoms with Crippen LogP contribution in [0.5, 0.6) is 0 Å². The Morgan fingerprint density at radius 2 is 2.33 bits per heavy atom. The van der Waals surface area contributed by atoms with Crippen LogP contribution in [-0.2, 0) is 13.1 Å². The summed E-state index contributed by atoms with van der Waals surface area (Å²) >= 11 is 3.56. The number of nitrogens with one attached hydrogen (secondary N) is 1. The van der Waals surface area contributed by atoms with Gasteiger partial charge in [-0.05, 0) is 50.6 Å². The molecule has 1 saturated heterocycles. The standard InChI is InChI=1S/C20H31N5S2/c1-4-21-20(24(3)13-18-15-27-16(2)23-18)22-11-17-7-5-9-25(12-17)14-19-8-6-10-26-19/h6,8,10,15,17H,4-5,7,9,11-14H2,1-3H3,(H,21,22). The molecule has 0 aliphatic carbocycles. The number of aromatic nitrogens is 1. The summed E-state index contributed by atoms with van der Waals surface area (Å²) in [5.74, 6) is 1.63. The molecule has 5 nitrogen and oxygen atoms in total. The third-order valence-corrected chi connectivity index (χ3v) is 6.51. The second-order valence-corrected chi connectivity index (χ2v) is 9.33. The van der Waals surface area contributed by atoms with E-state index in [1.807, 2.05) is 11.3 Å².